The van der Waals surface area contributed by atoms with E-state index in [1.165, 1.54) is 90.2 Å². The maximum absolute atomic E-state index is 9.44. The lowest BCUT2D eigenvalue weighted by molar-refractivity contribution is -0.115. The number of hydrogen-bond donors (Lipinski definition) is 0. The highest BCUT2D eigenvalue weighted by Gasteiger charge is 2.18. The van der Waals surface area contributed by atoms with Crippen molar-refractivity contribution in [3.05, 3.63) is 23.8 Å². The molecule has 0 N–H and O–H groups in total. The number of carbonyl (C=O) groups excluding carboxylic acids is 2. The van der Waals surface area contributed by atoms with Gasteiger partial charge in [0.2, 0.25) is 6.79 Å². The molecule has 0 saturated carbocycles. The summed E-state index contributed by atoms with van der Waals surface area (Å²) in [6.45, 7) is 32.2. The summed E-state index contributed by atoms with van der Waals surface area (Å²) in [4.78, 5) is 20.8. The minimum absolute atomic E-state index is 0.167. The van der Waals surface area contributed by atoms with Crippen molar-refractivity contribution in [3.63, 3.8) is 0 Å². The number of rotatable bonds is 12. The highest BCUT2D eigenvalue weighted by Crippen LogP contribution is 2.37. The van der Waals surface area contributed by atoms with Crippen LogP contribution in [0.15, 0.2) is 18.2 Å². The molecule has 1 aromatic rings. The van der Waals surface area contributed by atoms with Gasteiger partial charge in [0.05, 0.1) is 0 Å². The zero-order valence-electron chi connectivity index (χ0n) is 33.7. The zero-order valence-corrected chi connectivity index (χ0v) is 33.7. The predicted molar refractivity (Wildman–Crippen MR) is 204 cm³/mol. The number of nitrogens with zero attached hydrogens (tertiary/aromatic N) is 1. The molecule has 0 amide bonds. The number of benzene rings is 1. The first kappa shape index (κ1) is 55.5. The Balaban J connectivity index is -0.000000117. The first-order valence-corrected chi connectivity index (χ1v) is 18.4. The van der Waals surface area contributed by atoms with Crippen molar-refractivity contribution in [2.45, 2.75) is 180 Å². The summed E-state index contributed by atoms with van der Waals surface area (Å²) in [5.74, 6) is 3.40. The standard InChI is InChI=1S/C16H24O2.C6H15N.C5H12.2C3H6O.C3H8.2C2H6/c1-4-6-12(3)9-13(5-2)14-7-8-15-16(10-14)18-11-17-15;1-4-5-6-7(2)3;1-3-5-4-2;1-3(2)4;1-2-3-4;1-3-2;2*1-2/h7-8,10,12-13H,4-6,9,11H2,1-3H3;4-6H2,1-3H3;3-5H2,1-2H3;1-2H3;3H,2H2,1H3;3H2,1-2H3;2*1-2H3. The van der Waals surface area contributed by atoms with Gasteiger partial charge in [-0.3, -0.25) is 0 Å². The third-order valence-electron chi connectivity index (χ3n) is 5.66. The Morgan fingerprint density at radius 1 is 0.822 bits per heavy atom. The fourth-order valence-corrected chi connectivity index (χ4v) is 3.63. The molecule has 0 aromatic heterocycles. The summed E-state index contributed by atoms with van der Waals surface area (Å²) in [6.07, 6.45) is 14.5. The van der Waals surface area contributed by atoms with Crippen LogP contribution in [0.1, 0.15) is 186 Å². The van der Waals surface area contributed by atoms with Crippen molar-refractivity contribution in [3.8, 4) is 11.5 Å². The highest BCUT2D eigenvalue weighted by atomic mass is 16.7. The molecule has 0 aliphatic carbocycles. The highest BCUT2D eigenvalue weighted by molar-refractivity contribution is 5.72. The summed E-state index contributed by atoms with van der Waals surface area (Å²) >= 11 is 0. The number of fused-ring (bicyclic) bond motifs is 1. The van der Waals surface area contributed by atoms with Gasteiger partial charge in [-0.25, -0.2) is 0 Å². The van der Waals surface area contributed by atoms with Crippen molar-refractivity contribution >= 4 is 12.1 Å². The number of carbonyl (C=O) groups is 2. The van der Waals surface area contributed by atoms with Gasteiger partial charge in [0.25, 0.3) is 0 Å². The van der Waals surface area contributed by atoms with Crippen LogP contribution in [-0.4, -0.2) is 44.4 Å². The van der Waals surface area contributed by atoms with Gasteiger partial charge in [-0.15, -0.1) is 0 Å². The molecule has 1 heterocycles. The SMILES string of the molecule is CC.CC.CC(C)=O.CCC.CCC=O.CCCC(C)CC(CC)c1ccc2c(c1)OCO2.CCCCC.CCCCN(C)C. The number of unbranched alkanes of at least 4 members (excludes halogenated alkanes) is 3. The van der Waals surface area contributed by atoms with Crippen LogP contribution in [0.4, 0.5) is 0 Å². The molecule has 0 spiro atoms. The number of aldehydes is 1. The maximum Gasteiger partial charge on any atom is 0.231 e. The predicted octanol–water partition coefficient (Wildman–Crippen LogP) is 12.9. The summed E-state index contributed by atoms with van der Waals surface area (Å²) in [5, 5.41) is 0. The molecule has 0 fully saturated rings. The minimum Gasteiger partial charge on any atom is -0.454 e. The van der Waals surface area contributed by atoms with Gasteiger partial charge in [0.15, 0.2) is 11.5 Å². The van der Waals surface area contributed by atoms with E-state index in [-0.39, 0.29) is 5.78 Å². The van der Waals surface area contributed by atoms with E-state index in [4.69, 9.17) is 9.47 Å². The molecule has 5 nitrogen and oxygen atoms in total. The lowest BCUT2D eigenvalue weighted by atomic mass is 9.86. The van der Waals surface area contributed by atoms with E-state index in [9.17, 15) is 9.59 Å². The molecule has 1 aliphatic heterocycles. The third kappa shape index (κ3) is 49.2. The van der Waals surface area contributed by atoms with Gasteiger partial charge in [0.1, 0.15) is 12.1 Å². The van der Waals surface area contributed by atoms with Crippen molar-refractivity contribution in [1.29, 1.82) is 0 Å². The van der Waals surface area contributed by atoms with E-state index in [1.807, 2.05) is 40.7 Å². The molecular weight excluding hydrogens is 558 g/mol. The largest absolute Gasteiger partial charge is 0.454 e. The lowest BCUT2D eigenvalue weighted by Gasteiger charge is -2.20. The Hall–Kier alpha value is -1.88. The molecular formula is C40H83NO4. The topological polar surface area (TPSA) is 55.8 Å². The van der Waals surface area contributed by atoms with Gasteiger partial charge >= 0.3 is 0 Å². The van der Waals surface area contributed by atoms with Gasteiger partial charge in [-0.05, 0) is 83.3 Å². The van der Waals surface area contributed by atoms with Crippen molar-refractivity contribution in [1.82, 2.24) is 4.90 Å². The van der Waals surface area contributed by atoms with Crippen LogP contribution in [0.5, 0.6) is 11.5 Å². The number of hydrogen-bond acceptors (Lipinski definition) is 5. The Labute approximate surface area is 284 Å². The zero-order chi connectivity index (χ0) is 36.5. The first-order chi connectivity index (χ1) is 21.5. The second-order valence-electron chi connectivity index (χ2n) is 11.0. The van der Waals surface area contributed by atoms with E-state index in [1.54, 1.807) is 0 Å². The van der Waals surface area contributed by atoms with E-state index >= 15 is 0 Å². The quantitative estimate of drug-likeness (QED) is 0.213. The van der Waals surface area contributed by atoms with E-state index in [2.05, 4.69) is 86.5 Å². The Bertz CT molecular complexity index is 670. The number of Topliss-reactive ketones (excluding diaryl/α,β-unsaturated/α-hetero) is 1. The Morgan fingerprint density at radius 3 is 1.58 bits per heavy atom. The summed E-state index contributed by atoms with van der Waals surface area (Å²) in [6, 6.07) is 6.40. The molecule has 2 unspecified atom stereocenters. The molecule has 5 heteroatoms. The maximum atomic E-state index is 9.44. The van der Waals surface area contributed by atoms with Crippen molar-refractivity contribution < 1.29 is 19.1 Å². The van der Waals surface area contributed by atoms with E-state index in [0.29, 0.717) is 19.1 Å². The molecule has 2 rings (SSSR count). The van der Waals surface area contributed by atoms with E-state index < -0.39 is 0 Å². The van der Waals surface area contributed by atoms with Crippen LogP contribution < -0.4 is 9.47 Å². The van der Waals surface area contributed by atoms with Crippen molar-refractivity contribution in [2.75, 3.05) is 27.4 Å². The second kappa shape index (κ2) is 49.0. The van der Waals surface area contributed by atoms with Crippen LogP contribution in [0.2, 0.25) is 0 Å². The van der Waals surface area contributed by atoms with Gasteiger partial charge < -0.3 is 24.0 Å². The molecule has 2 atom stereocenters. The van der Waals surface area contributed by atoms with Crippen LogP contribution in [0.25, 0.3) is 0 Å². The summed E-state index contributed by atoms with van der Waals surface area (Å²) in [7, 11) is 4.21. The third-order valence-corrected chi connectivity index (χ3v) is 5.66. The lowest BCUT2D eigenvalue weighted by Crippen LogP contribution is -2.12. The van der Waals surface area contributed by atoms with E-state index in [0.717, 1.165) is 23.7 Å². The summed E-state index contributed by atoms with van der Waals surface area (Å²) < 4.78 is 10.8. The summed E-state index contributed by atoms with van der Waals surface area (Å²) in [5.41, 5.74) is 1.39. The molecule has 272 valence electrons. The average molecular weight is 642 g/mol. The van der Waals surface area contributed by atoms with Crippen LogP contribution in [0.3, 0.4) is 0 Å². The first-order valence-electron chi connectivity index (χ1n) is 18.4. The smallest absolute Gasteiger partial charge is 0.231 e. The van der Waals surface area contributed by atoms with Crippen LogP contribution in [0, 0.1) is 5.92 Å². The van der Waals surface area contributed by atoms with Crippen LogP contribution in [-0.2, 0) is 9.59 Å². The second-order valence-corrected chi connectivity index (χ2v) is 11.0. The molecule has 1 aromatic carbocycles. The monoisotopic (exact) mass is 642 g/mol. The molecule has 1 aliphatic rings. The Morgan fingerprint density at radius 2 is 1.27 bits per heavy atom. The average Bonchev–Trinajstić information content (AvgIpc) is 3.50. The molecule has 0 bridgehead atoms. The van der Waals surface area contributed by atoms with Gasteiger partial charge in [0, 0.05) is 6.42 Å². The number of ketones is 1. The molecule has 0 saturated heterocycles. The Kier molecular flexibility index (Phi) is 60.5. The van der Waals surface area contributed by atoms with Gasteiger partial charge in [-0.1, -0.05) is 141 Å². The van der Waals surface area contributed by atoms with Gasteiger partial charge in [-0.2, -0.15) is 0 Å². The fraction of sp³-hybridized carbons (Fsp3) is 0.800. The fourth-order valence-electron chi connectivity index (χ4n) is 3.63. The minimum atomic E-state index is 0.167. The van der Waals surface area contributed by atoms with Crippen LogP contribution >= 0.6 is 0 Å². The van der Waals surface area contributed by atoms with Crippen molar-refractivity contribution in [2.24, 2.45) is 5.92 Å². The number of ether oxygens (including phenoxy) is 2. The molecule has 0 radical (unpaired) electrons. The normalized spacial score (nSPS) is 11.0. The molecule has 45 heavy (non-hydrogen) atoms.